The number of unbranched alkanes of at least 4 members (excludes halogenated alkanes) is 1. The van der Waals surface area contributed by atoms with E-state index in [2.05, 4.69) is 4.98 Å². The summed E-state index contributed by atoms with van der Waals surface area (Å²) >= 11 is 6.49. The van der Waals surface area contributed by atoms with Crippen molar-refractivity contribution in [2.45, 2.75) is 40.2 Å². The van der Waals surface area contributed by atoms with E-state index in [1.54, 1.807) is 12.1 Å². The molecule has 2 aromatic rings. The lowest BCUT2D eigenvalue weighted by Crippen LogP contribution is -2.38. The number of hydrogen-bond donors (Lipinski definition) is 0. The molecule has 0 N–H and O–H groups in total. The molecule has 0 atom stereocenters. The molecule has 2 aliphatic heterocycles. The van der Waals surface area contributed by atoms with Crippen molar-refractivity contribution in [1.82, 2.24) is 14.1 Å². The topological polar surface area (TPSA) is 56.9 Å². The molecule has 2 heterocycles. The molecular weight excluding hydrogens is 386 g/mol. The maximum Gasteiger partial charge on any atom is 0.352 e. The first-order valence-corrected chi connectivity index (χ1v) is 10.1. The minimum atomic E-state index is -0.517. The van der Waals surface area contributed by atoms with Crippen LogP contribution in [0.2, 0.25) is 5.02 Å². The average Bonchev–Trinajstić information content (AvgIpc) is 2.70. The van der Waals surface area contributed by atoms with Gasteiger partial charge < -0.3 is 0 Å². The summed E-state index contributed by atoms with van der Waals surface area (Å²) in [6.07, 6.45) is 1.63. The van der Waals surface area contributed by atoms with Crippen LogP contribution in [0.15, 0.2) is 52.1 Å². The van der Waals surface area contributed by atoms with Gasteiger partial charge in [-0.25, -0.2) is 4.79 Å². The van der Waals surface area contributed by atoms with Crippen molar-refractivity contribution in [3.63, 3.8) is 0 Å². The summed E-state index contributed by atoms with van der Waals surface area (Å²) in [4.78, 5) is 30.3. The fourth-order valence-electron chi connectivity index (χ4n) is 3.69. The fourth-order valence-corrected chi connectivity index (χ4v) is 3.92. The summed E-state index contributed by atoms with van der Waals surface area (Å²) < 4.78 is 3.10. The number of nitrogens with zero attached hydrogens (tertiary/aromatic N) is 3. The molecule has 148 valence electrons. The van der Waals surface area contributed by atoms with E-state index >= 15 is 0 Å². The maximum atomic E-state index is 13.2. The molecule has 5 nitrogen and oxygen atoms in total. The number of pyridine rings is 1. The van der Waals surface area contributed by atoms with E-state index in [1.165, 1.54) is 4.57 Å². The predicted octanol–water partition coefficient (Wildman–Crippen LogP) is 4.72. The zero-order valence-corrected chi connectivity index (χ0v) is 17.5. The highest BCUT2D eigenvalue weighted by Gasteiger charge is 2.22. The molecule has 0 aromatic heterocycles. The van der Waals surface area contributed by atoms with Gasteiger partial charge in [-0.1, -0.05) is 43.1 Å². The molecule has 0 unspecified atom stereocenters. The molecule has 0 fully saturated rings. The first kappa shape index (κ1) is 19.4. The van der Waals surface area contributed by atoms with Crippen LogP contribution in [-0.4, -0.2) is 14.1 Å². The van der Waals surface area contributed by atoms with Gasteiger partial charge in [-0.3, -0.25) is 13.9 Å². The van der Waals surface area contributed by atoms with E-state index in [0.717, 1.165) is 40.6 Å². The van der Waals surface area contributed by atoms with Crippen molar-refractivity contribution in [3.8, 4) is 17.1 Å². The summed E-state index contributed by atoms with van der Waals surface area (Å²) in [7, 11) is 0. The van der Waals surface area contributed by atoms with Gasteiger partial charge in [-0.2, -0.15) is 4.98 Å². The van der Waals surface area contributed by atoms with Crippen molar-refractivity contribution in [3.05, 3.63) is 79.5 Å². The van der Waals surface area contributed by atoms with E-state index in [9.17, 15) is 9.59 Å². The Morgan fingerprint density at radius 3 is 2.59 bits per heavy atom. The van der Waals surface area contributed by atoms with Gasteiger partial charge in [0, 0.05) is 17.0 Å². The summed E-state index contributed by atoms with van der Waals surface area (Å²) in [5, 5.41) is 1.30. The Labute approximate surface area is 173 Å². The quantitative estimate of drug-likeness (QED) is 0.460. The lowest BCUT2D eigenvalue weighted by molar-refractivity contribution is 0.582. The van der Waals surface area contributed by atoms with Crippen LogP contribution in [0.1, 0.15) is 30.9 Å². The molecule has 6 heteroatoms. The Hall–Kier alpha value is -2.92. The van der Waals surface area contributed by atoms with Gasteiger partial charge in [-0.05, 0) is 55.7 Å². The first-order valence-electron chi connectivity index (χ1n) is 9.75. The molecule has 2 aromatic carbocycles. The lowest BCUT2D eigenvalue weighted by Gasteiger charge is -2.21. The molecule has 4 rings (SSSR count). The minimum Gasteiger partial charge on any atom is -0.293 e. The van der Waals surface area contributed by atoms with Crippen molar-refractivity contribution in [2.75, 3.05) is 0 Å². The van der Waals surface area contributed by atoms with Crippen LogP contribution >= 0.6 is 11.6 Å². The van der Waals surface area contributed by atoms with E-state index in [1.807, 2.05) is 55.7 Å². The zero-order valence-electron chi connectivity index (χ0n) is 16.7. The second kappa shape index (κ2) is 7.48. The summed E-state index contributed by atoms with van der Waals surface area (Å²) in [6.45, 7) is 6.43. The van der Waals surface area contributed by atoms with Gasteiger partial charge in [0.15, 0.2) is 5.82 Å². The summed E-state index contributed by atoms with van der Waals surface area (Å²) in [5.41, 5.74) is 3.39. The zero-order chi connectivity index (χ0) is 20.7. The highest BCUT2D eigenvalue weighted by Crippen LogP contribution is 2.33. The third-order valence-electron chi connectivity index (χ3n) is 5.47. The SMILES string of the molecule is CCCCn1c(=O)nc2n(-c3cccc(C)c3C)c3cccc(Cl)c3cc-2c1=O. The second-order valence-corrected chi connectivity index (χ2v) is 7.72. The van der Waals surface area contributed by atoms with Crippen molar-refractivity contribution in [2.24, 2.45) is 0 Å². The standard InChI is InChI=1S/C23H22ClN3O2/c1-4-5-12-26-22(28)17-13-16-18(24)9-7-11-20(16)27(21(17)25-23(26)29)19-10-6-8-14(2)15(19)3/h6-11,13H,4-5,12H2,1-3H3. The molecule has 0 amide bonds. The Balaban J connectivity index is 2.20. The molecule has 2 aliphatic rings. The molecule has 0 spiro atoms. The van der Waals surface area contributed by atoms with Crippen LogP contribution in [0.25, 0.3) is 28.0 Å². The molecule has 29 heavy (non-hydrogen) atoms. The average molecular weight is 408 g/mol. The molecule has 0 bridgehead atoms. The van der Waals surface area contributed by atoms with Gasteiger partial charge in [0.05, 0.1) is 16.8 Å². The normalized spacial score (nSPS) is 11.4. The van der Waals surface area contributed by atoms with Gasteiger partial charge in [-0.15, -0.1) is 0 Å². The van der Waals surface area contributed by atoms with Crippen LogP contribution in [0.3, 0.4) is 0 Å². The summed E-state index contributed by atoms with van der Waals surface area (Å²) in [5.74, 6) is 0.358. The third kappa shape index (κ3) is 3.15. The van der Waals surface area contributed by atoms with Crippen LogP contribution in [0, 0.1) is 13.8 Å². The monoisotopic (exact) mass is 407 g/mol. The van der Waals surface area contributed by atoms with Gasteiger partial charge in [0.1, 0.15) is 0 Å². The van der Waals surface area contributed by atoms with Crippen molar-refractivity contribution >= 4 is 22.5 Å². The Kier molecular flexibility index (Phi) is 5.01. The first-order chi connectivity index (χ1) is 13.9. The highest BCUT2D eigenvalue weighted by atomic mass is 35.5. The lowest BCUT2D eigenvalue weighted by atomic mass is 10.0. The number of aryl methyl sites for hydroxylation is 1. The Morgan fingerprint density at radius 2 is 1.83 bits per heavy atom. The Morgan fingerprint density at radius 1 is 1.07 bits per heavy atom. The third-order valence-corrected chi connectivity index (χ3v) is 5.80. The van der Waals surface area contributed by atoms with Gasteiger partial charge >= 0.3 is 5.69 Å². The molecule has 0 saturated carbocycles. The number of halogens is 1. The number of benzene rings is 2. The predicted molar refractivity (Wildman–Crippen MR) is 118 cm³/mol. The minimum absolute atomic E-state index is 0.325. The van der Waals surface area contributed by atoms with Crippen LogP contribution in [0.4, 0.5) is 0 Å². The molecule has 0 saturated heterocycles. The van der Waals surface area contributed by atoms with Gasteiger partial charge in [0.25, 0.3) is 5.56 Å². The van der Waals surface area contributed by atoms with Gasteiger partial charge in [0.2, 0.25) is 0 Å². The molecular formula is C23H22ClN3O2. The van der Waals surface area contributed by atoms with E-state index < -0.39 is 5.69 Å². The van der Waals surface area contributed by atoms with Crippen LogP contribution in [0.5, 0.6) is 0 Å². The Bertz CT molecular complexity index is 1320. The number of hydrogen-bond acceptors (Lipinski definition) is 3. The van der Waals surface area contributed by atoms with E-state index in [-0.39, 0.29) is 5.56 Å². The number of aromatic nitrogens is 3. The van der Waals surface area contributed by atoms with Crippen LogP contribution < -0.4 is 11.2 Å². The number of fused-ring (bicyclic) bond motifs is 2. The second-order valence-electron chi connectivity index (χ2n) is 7.31. The van der Waals surface area contributed by atoms with E-state index in [0.29, 0.717) is 23.0 Å². The molecule has 0 radical (unpaired) electrons. The van der Waals surface area contributed by atoms with Crippen molar-refractivity contribution in [1.29, 1.82) is 0 Å². The largest absolute Gasteiger partial charge is 0.352 e. The maximum absolute atomic E-state index is 13.2. The fraction of sp³-hybridized carbons (Fsp3) is 0.261. The van der Waals surface area contributed by atoms with Crippen molar-refractivity contribution < 1.29 is 0 Å². The van der Waals surface area contributed by atoms with E-state index in [4.69, 9.17) is 11.6 Å². The smallest absolute Gasteiger partial charge is 0.293 e. The highest BCUT2D eigenvalue weighted by molar-refractivity contribution is 6.35. The molecule has 0 aliphatic carbocycles. The summed E-state index contributed by atoms with van der Waals surface area (Å²) in [6, 6.07) is 13.3. The van der Waals surface area contributed by atoms with Crippen LogP contribution in [-0.2, 0) is 6.54 Å². The number of rotatable bonds is 4.